The standard InChI is InChI=1S/C13H14BrClO4/c1-2-18-13(17)6-4-10(16)8-19-12-5-3-9(14)7-11(12)15/h3,5,7H,2,4,6,8H2,1H3. The third-order valence-corrected chi connectivity index (χ3v) is 2.98. The molecular weight excluding hydrogens is 335 g/mol. The van der Waals surface area contributed by atoms with Crippen LogP contribution in [0.15, 0.2) is 22.7 Å². The molecule has 0 fully saturated rings. The summed E-state index contributed by atoms with van der Waals surface area (Å²) in [4.78, 5) is 22.6. The third kappa shape index (κ3) is 6.07. The highest BCUT2D eigenvalue weighted by Gasteiger charge is 2.09. The van der Waals surface area contributed by atoms with E-state index in [4.69, 9.17) is 21.1 Å². The van der Waals surface area contributed by atoms with Gasteiger partial charge in [0.2, 0.25) is 0 Å². The van der Waals surface area contributed by atoms with Crippen LogP contribution in [-0.2, 0) is 14.3 Å². The van der Waals surface area contributed by atoms with Crippen LogP contribution in [0, 0.1) is 0 Å². The van der Waals surface area contributed by atoms with Crippen molar-refractivity contribution in [1.29, 1.82) is 0 Å². The molecule has 0 amide bonds. The molecule has 0 saturated heterocycles. The molecule has 0 heterocycles. The van der Waals surface area contributed by atoms with Crippen molar-refractivity contribution in [2.45, 2.75) is 19.8 Å². The van der Waals surface area contributed by atoms with Gasteiger partial charge in [0.25, 0.3) is 0 Å². The largest absolute Gasteiger partial charge is 0.484 e. The highest BCUT2D eigenvalue weighted by atomic mass is 79.9. The molecule has 0 radical (unpaired) electrons. The van der Waals surface area contributed by atoms with E-state index in [1.54, 1.807) is 25.1 Å². The van der Waals surface area contributed by atoms with Gasteiger partial charge in [0.05, 0.1) is 18.1 Å². The fourth-order valence-electron chi connectivity index (χ4n) is 1.30. The van der Waals surface area contributed by atoms with E-state index < -0.39 is 0 Å². The summed E-state index contributed by atoms with van der Waals surface area (Å²) >= 11 is 9.21. The van der Waals surface area contributed by atoms with Crippen LogP contribution in [0.5, 0.6) is 5.75 Å². The number of rotatable bonds is 7. The van der Waals surface area contributed by atoms with Crippen molar-refractivity contribution in [2.75, 3.05) is 13.2 Å². The minimum atomic E-state index is -0.377. The third-order valence-electron chi connectivity index (χ3n) is 2.20. The highest BCUT2D eigenvalue weighted by Crippen LogP contribution is 2.27. The average Bonchev–Trinajstić information content (AvgIpc) is 2.35. The van der Waals surface area contributed by atoms with Crippen LogP contribution in [-0.4, -0.2) is 25.0 Å². The summed E-state index contributed by atoms with van der Waals surface area (Å²) in [7, 11) is 0. The lowest BCUT2D eigenvalue weighted by Gasteiger charge is -2.07. The summed E-state index contributed by atoms with van der Waals surface area (Å²) in [5.41, 5.74) is 0. The molecule has 19 heavy (non-hydrogen) atoms. The first kappa shape index (κ1) is 16.0. The first-order chi connectivity index (χ1) is 9.02. The minimum Gasteiger partial charge on any atom is -0.484 e. The normalized spacial score (nSPS) is 10.1. The second-order valence-corrected chi connectivity index (χ2v) is 5.03. The molecule has 0 spiro atoms. The Hall–Kier alpha value is -1.07. The molecule has 6 heteroatoms. The summed E-state index contributed by atoms with van der Waals surface area (Å²) in [6.45, 7) is 1.93. The summed E-state index contributed by atoms with van der Waals surface area (Å²) in [6.07, 6.45) is 0.178. The molecule has 1 rings (SSSR count). The molecule has 0 unspecified atom stereocenters. The molecule has 0 atom stereocenters. The van der Waals surface area contributed by atoms with Gasteiger partial charge in [-0.15, -0.1) is 0 Å². The van der Waals surface area contributed by atoms with Crippen molar-refractivity contribution >= 4 is 39.3 Å². The topological polar surface area (TPSA) is 52.6 Å². The predicted octanol–water partition coefficient (Wildman–Crippen LogP) is 3.39. The van der Waals surface area contributed by atoms with Gasteiger partial charge >= 0.3 is 5.97 Å². The second kappa shape index (κ2) is 8.17. The number of Topliss-reactive ketones (excluding diaryl/α,β-unsaturated/α-hetero) is 1. The Balaban J connectivity index is 2.36. The monoisotopic (exact) mass is 348 g/mol. The fraction of sp³-hybridized carbons (Fsp3) is 0.385. The second-order valence-electron chi connectivity index (χ2n) is 3.71. The van der Waals surface area contributed by atoms with Crippen LogP contribution in [0.4, 0.5) is 0 Å². The maximum absolute atomic E-state index is 11.5. The average molecular weight is 350 g/mol. The Morgan fingerprint density at radius 3 is 2.68 bits per heavy atom. The molecule has 0 bridgehead atoms. The van der Waals surface area contributed by atoms with E-state index in [2.05, 4.69) is 15.9 Å². The van der Waals surface area contributed by atoms with Crippen LogP contribution in [0.1, 0.15) is 19.8 Å². The lowest BCUT2D eigenvalue weighted by molar-refractivity contribution is -0.144. The van der Waals surface area contributed by atoms with E-state index in [1.807, 2.05) is 0 Å². The molecule has 4 nitrogen and oxygen atoms in total. The first-order valence-corrected chi connectivity index (χ1v) is 6.95. The van der Waals surface area contributed by atoms with Crippen molar-refractivity contribution in [3.05, 3.63) is 27.7 Å². The van der Waals surface area contributed by atoms with Gasteiger partial charge in [0.15, 0.2) is 5.78 Å². The van der Waals surface area contributed by atoms with E-state index >= 15 is 0 Å². The highest BCUT2D eigenvalue weighted by molar-refractivity contribution is 9.10. The predicted molar refractivity (Wildman–Crippen MR) is 75.5 cm³/mol. The van der Waals surface area contributed by atoms with E-state index in [0.29, 0.717) is 17.4 Å². The molecule has 1 aromatic rings. The van der Waals surface area contributed by atoms with Gasteiger partial charge in [-0.3, -0.25) is 9.59 Å². The van der Waals surface area contributed by atoms with E-state index in [0.717, 1.165) is 4.47 Å². The maximum Gasteiger partial charge on any atom is 0.306 e. The molecule has 0 aromatic heterocycles. The number of carbonyl (C=O) groups excluding carboxylic acids is 2. The quantitative estimate of drug-likeness (QED) is 0.708. The summed E-state index contributed by atoms with van der Waals surface area (Å²) in [5, 5.41) is 0.424. The lowest BCUT2D eigenvalue weighted by Crippen LogP contribution is -2.14. The number of esters is 1. The SMILES string of the molecule is CCOC(=O)CCC(=O)COc1ccc(Br)cc1Cl. The molecule has 0 saturated carbocycles. The van der Waals surface area contributed by atoms with E-state index in [9.17, 15) is 9.59 Å². The number of benzene rings is 1. The molecule has 0 aliphatic heterocycles. The molecular formula is C13H14BrClO4. The van der Waals surface area contributed by atoms with Gasteiger partial charge in [-0.25, -0.2) is 0 Å². The van der Waals surface area contributed by atoms with Crippen molar-refractivity contribution in [1.82, 2.24) is 0 Å². The Bertz CT molecular complexity index is 462. The molecule has 104 valence electrons. The summed E-state index contributed by atoms with van der Waals surface area (Å²) in [5.74, 6) is -0.112. The molecule has 0 N–H and O–H groups in total. The lowest BCUT2D eigenvalue weighted by atomic mass is 10.2. The fourth-order valence-corrected chi connectivity index (χ4v) is 2.03. The number of hydrogen-bond acceptors (Lipinski definition) is 4. The Morgan fingerprint density at radius 1 is 1.32 bits per heavy atom. The zero-order valence-corrected chi connectivity index (χ0v) is 12.8. The van der Waals surface area contributed by atoms with Crippen molar-refractivity contribution < 1.29 is 19.1 Å². The van der Waals surface area contributed by atoms with Gasteiger partial charge < -0.3 is 9.47 Å². The number of halogens is 2. The smallest absolute Gasteiger partial charge is 0.306 e. The van der Waals surface area contributed by atoms with Gasteiger partial charge in [-0.1, -0.05) is 27.5 Å². The Kier molecular flexibility index (Phi) is 6.87. The molecule has 0 aliphatic rings. The zero-order valence-electron chi connectivity index (χ0n) is 10.4. The maximum atomic E-state index is 11.5. The van der Waals surface area contributed by atoms with Gasteiger partial charge in [0.1, 0.15) is 12.4 Å². The van der Waals surface area contributed by atoms with Crippen LogP contribution in [0.2, 0.25) is 5.02 Å². The van der Waals surface area contributed by atoms with Gasteiger partial charge in [0, 0.05) is 10.9 Å². The minimum absolute atomic E-state index is 0.0735. The van der Waals surface area contributed by atoms with Gasteiger partial charge in [-0.05, 0) is 25.1 Å². The van der Waals surface area contributed by atoms with Crippen LogP contribution in [0.3, 0.4) is 0 Å². The Labute approximate surface area is 125 Å². The number of carbonyl (C=O) groups is 2. The van der Waals surface area contributed by atoms with Crippen molar-refractivity contribution in [3.8, 4) is 5.75 Å². The molecule has 1 aromatic carbocycles. The van der Waals surface area contributed by atoms with Crippen LogP contribution >= 0.6 is 27.5 Å². The number of ether oxygens (including phenoxy) is 2. The van der Waals surface area contributed by atoms with Crippen LogP contribution in [0.25, 0.3) is 0 Å². The number of ketones is 1. The summed E-state index contributed by atoms with van der Waals surface area (Å²) in [6, 6.07) is 5.12. The first-order valence-electron chi connectivity index (χ1n) is 5.78. The molecule has 0 aliphatic carbocycles. The zero-order chi connectivity index (χ0) is 14.3. The Morgan fingerprint density at radius 2 is 2.05 bits per heavy atom. The van der Waals surface area contributed by atoms with E-state index in [-0.39, 0.29) is 31.2 Å². The number of hydrogen-bond donors (Lipinski definition) is 0. The van der Waals surface area contributed by atoms with E-state index in [1.165, 1.54) is 0 Å². The van der Waals surface area contributed by atoms with Gasteiger partial charge in [-0.2, -0.15) is 0 Å². The summed E-state index contributed by atoms with van der Waals surface area (Å²) < 4.78 is 10.9. The van der Waals surface area contributed by atoms with Crippen molar-refractivity contribution in [3.63, 3.8) is 0 Å². The van der Waals surface area contributed by atoms with Crippen LogP contribution < -0.4 is 4.74 Å². The van der Waals surface area contributed by atoms with Crippen molar-refractivity contribution in [2.24, 2.45) is 0 Å².